The summed E-state index contributed by atoms with van der Waals surface area (Å²) < 4.78 is 8.51. The fraction of sp³-hybridized carbons (Fsp3) is 0. The number of nitriles is 1. The Kier molecular flexibility index (Phi) is 3.88. The van der Waals surface area contributed by atoms with Crippen molar-refractivity contribution in [3.8, 4) is 22.9 Å². The minimum atomic E-state index is 0.382. The summed E-state index contributed by atoms with van der Waals surface area (Å²) in [6.07, 6.45) is 1.77. The molecule has 0 bridgehead atoms. The molecule has 4 aromatic carbocycles. The molecule has 4 heteroatoms. The fourth-order valence-corrected chi connectivity index (χ4v) is 4.99. The number of aromatic nitrogens is 2. The summed E-state index contributed by atoms with van der Waals surface area (Å²) in [7, 11) is 0. The minimum absolute atomic E-state index is 0.382. The third-order valence-electron chi connectivity index (χ3n) is 6.50. The van der Waals surface area contributed by atoms with Crippen LogP contribution in [0.2, 0.25) is 0 Å². The standard InChI is InChI=1S/C30H17N3O/c31-17-24-27(16-20(18-32-24)19-8-2-1-3-9-19)33-25-12-6-4-11-23(25)29-26(33)15-14-22-21-10-5-7-13-28(21)34-30(22)29/h1-16,18H. The Morgan fingerprint density at radius 1 is 0.706 bits per heavy atom. The van der Waals surface area contributed by atoms with Crippen LogP contribution in [-0.2, 0) is 0 Å². The third kappa shape index (κ3) is 2.55. The van der Waals surface area contributed by atoms with Gasteiger partial charge in [0, 0.05) is 27.9 Å². The lowest BCUT2D eigenvalue weighted by molar-refractivity contribution is 0.673. The van der Waals surface area contributed by atoms with E-state index < -0.39 is 0 Å². The first-order valence-corrected chi connectivity index (χ1v) is 11.1. The molecule has 0 aliphatic carbocycles. The van der Waals surface area contributed by atoms with Crippen LogP contribution < -0.4 is 0 Å². The zero-order valence-corrected chi connectivity index (χ0v) is 18.1. The summed E-state index contributed by atoms with van der Waals surface area (Å²) >= 11 is 0. The van der Waals surface area contributed by atoms with Gasteiger partial charge in [0.2, 0.25) is 0 Å². The molecule has 0 saturated heterocycles. The molecule has 4 nitrogen and oxygen atoms in total. The average molecular weight is 435 g/mol. The number of rotatable bonds is 2. The molecule has 0 N–H and O–H groups in total. The van der Waals surface area contributed by atoms with Crippen molar-refractivity contribution in [2.75, 3.05) is 0 Å². The first-order valence-electron chi connectivity index (χ1n) is 11.1. The maximum Gasteiger partial charge on any atom is 0.164 e. The summed E-state index contributed by atoms with van der Waals surface area (Å²) in [6, 6.07) is 35.1. The smallest absolute Gasteiger partial charge is 0.164 e. The number of furan rings is 1. The van der Waals surface area contributed by atoms with Gasteiger partial charge in [0.25, 0.3) is 0 Å². The molecule has 3 heterocycles. The van der Waals surface area contributed by atoms with E-state index in [1.54, 1.807) is 6.20 Å². The van der Waals surface area contributed by atoms with E-state index in [0.29, 0.717) is 5.69 Å². The van der Waals surface area contributed by atoms with Gasteiger partial charge in [-0.2, -0.15) is 5.26 Å². The zero-order valence-electron chi connectivity index (χ0n) is 18.1. The molecule has 0 aliphatic rings. The van der Waals surface area contributed by atoms with Crippen LogP contribution in [0.4, 0.5) is 0 Å². The van der Waals surface area contributed by atoms with E-state index in [1.165, 1.54) is 0 Å². The van der Waals surface area contributed by atoms with E-state index in [2.05, 4.69) is 64.2 Å². The van der Waals surface area contributed by atoms with Gasteiger partial charge in [-0.05, 0) is 35.9 Å². The second-order valence-corrected chi connectivity index (χ2v) is 8.36. The van der Waals surface area contributed by atoms with Crippen molar-refractivity contribution < 1.29 is 4.42 Å². The Hall–Kier alpha value is -4.88. The molecule has 3 aromatic heterocycles. The number of pyridine rings is 1. The Morgan fingerprint density at radius 3 is 2.32 bits per heavy atom. The van der Waals surface area contributed by atoms with E-state index in [-0.39, 0.29) is 0 Å². The van der Waals surface area contributed by atoms with Crippen LogP contribution in [0, 0.1) is 11.3 Å². The van der Waals surface area contributed by atoms with Gasteiger partial charge in [-0.25, -0.2) is 4.98 Å². The van der Waals surface area contributed by atoms with Crippen molar-refractivity contribution in [3.05, 3.63) is 109 Å². The van der Waals surface area contributed by atoms with E-state index in [4.69, 9.17) is 4.42 Å². The SMILES string of the molecule is N#Cc1ncc(-c2ccccc2)cc1-n1c2ccccc2c2c3oc4ccccc4c3ccc21. The van der Waals surface area contributed by atoms with Crippen LogP contribution >= 0.6 is 0 Å². The lowest BCUT2D eigenvalue weighted by atomic mass is 10.1. The predicted octanol–water partition coefficient (Wildman–Crippen LogP) is 7.62. The Balaban J connectivity index is 1.63. The maximum atomic E-state index is 9.95. The monoisotopic (exact) mass is 435 g/mol. The summed E-state index contributed by atoms with van der Waals surface area (Å²) in [6.45, 7) is 0. The predicted molar refractivity (Wildman–Crippen MR) is 136 cm³/mol. The highest BCUT2D eigenvalue weighted by Crippen LogP contribution is 2.41. The van der Waals surface area contributed by atoms with Crippen molar-refractivity contribution in [3.63, 3.8) is 0 Å². The number of hydrogen-bond donors (Lipinski definition) is 0. The van der Waals surface area contributed by atoms with Gasteiger partial charge in [-0.1, -0.05) is 66.7 Å². The normalized spacial score (nSPS) is 11.5. The molecule has 0 fully saturated rings. The van der Waals surface area contributed by atoms with Crippen molar-refractivity contribution in [2.24, 2.45) is 0 Å². The number of nitrogens with zero attached hydrogens (tertiary/aromatic N) is 3. The lowest BCUT2D eigenvalue weighted by Crippen LogP contribution is -2.00. The largest absolute Gasteiger partial charge is 0.455 e. The molecular weight excluding hydrogens is 418 g/mol. The van der Waals surface area contributed by atoms with Crippen molar-refractivity contribution in [1.82, 2.24) is 9.55 Å². The topological polar surface area (TPSA) is 54.8 Å². The van der Waals surface area contributed by atoms with Gasteiger partial charge in [-0.3, -0.25) is 0 Å². The molecular formula is C30H17N3O. The first-order chi connectivity index (χ1) is 16.8. The number of fused-ring (bicyclic) bond motifs is 7. The van der Waals surface area contributed by atoms with E-state index >= 15 is 0 Å². The van der Waals surface area contributed by atoms with Crippen molar-refractivity contribution in [1.29, 1.82) is 5.26 Å². The molecule has 0 unspecified atom stereocenters. The Morgan fingerprint density at radius 2 is 1.47 bits per heavy atom. The van der Waals surface area contributed by atoms with Crippen molar-refractivity contribution in [2.45, 2.75) is 0 Å². The first kappa shape index (κ1) is 18.7. The van der Waals surface area contributed by atoms with Crippen LogP contribution in [0.25, 0.3) is 60.6 Å². The molecule has 0 saturated carbocycles. The molecule has 7 aromatic rings. The molecule has 0 atom stereocenters. The zero-order chi connectivity index (χ0) is 22.6. The Bertz CT molecular complexity index is 1920. The summed E-state index contributed by atoms with van der Waals surface area (Å²) in [5.74, 6) is 0. The number of para-hydroxylation sites is 2. The van der Waals surface area contributed by atoms with Crippen molar-refractivity contribution >= 4 is 43.7 Å². The fourth-order valence-electron chi connectivity index (χ4n) is 4.99. The third-order valence-corrected chi connectivity index (χ3v) is 6.50. The van der Waals surface area contributed by atoms with E-state index in [1.807, 2.05) is 48.5 Å². The molecule has 34 heavy (non-hydrogen) atoms. The second-order valence-electron chi connectivity index (χ2n) is 8.36. The van der Waals surface area contributed by atoms with Crippen LogP contribution in [-0.4, -0.2) is 9.55 Å². The molecule has 0 radical (unpaired) electrons. The van der Waals surface area contributed by atoms with Gasteiger partial charge < -0.3 is 8.98 Å². The van der Waals surface area contributed by atoms with Crippen LogP contribution in [0.3, 0.4) is 0 Å². The quantitative estimate of drug-likeness (QED) is 0.281. The Labute approximate surface area is 194 Å². The average Bonchev–Trinajstić information content (AvgIpc) is 3.44. The van der Waals surface area contributed by atoms with Crippen LogP contribution in [0.15, 0.2) is 108 Å². The summed E-state index contributed by atoms with van der Waals surface area (Å²) in [5, 5.41) is 14.3. The number of hydrogen-bond acceptors (Lipinski definition) is 3. The van der Waals surface area contributed by atoms with Gasteiger partial charge >= 0.3 is 0 Å². The maximum absolute atomic E-state index is 9.95. The lowest BCUT2D eigenvalue weighted by Gasteiger charge is -2.11. The van der Waals surface area contributed by atoms with E-state index in [9.17, 15) is 5.26 Å². The van der Waals surface area contributed by atoms with Crippen LogP contribution in [0.1, 0.15) is 5.69 Å². The van der Waals surface area contributed by atoms with Gasteiger partial charge in [0.15, 0.2) is 5.69 Å². The molecule has 158 valence electrons. The highest BCUT2D eigenvalue weighted by Gasteiger charge is 2.20. The summed E-state index contributed by atoms with van der Waals surface area (Å²) in [4.78, 5) is 4.53. The number of benzene rings is 4. The molecule has 0 aliphatic heterocycles. The second kappa shape index (κ2) is 7.06. The minimum Gasteiger partial charge on any atom is -0.455 e. The molecule has 0 amide bonds. The molecule has 7 rings (SSSR count). The van der Waals surface area contributed by atoms with E-state index in [0.717, 1.165) is 60.6 Å². The highest BCUT2D eigenvalue weighted by molar-refractivity contribution is 6.23. The summed E-state index contributed by atoms with van der Waals surface area (Å²) in [5.41, 5.74) is 6.88. The van der Waals surface area contributed by atoms with Gasteiger partial charge in [0.05, 0.1) is 22.1 Å². The van der Waals surface area contributed by atoms with Gasteiger partial charge in [-0.15, -0.1) is 0 Å². The van der Waals surface area contributed by atoms with Gasteiger partial charge in [0.1, 0.15) is 17.2 Å². The molecule has 0 spiro atoms. The highest BCUT2D eigenvalue weighted by atomic mass is 16.3. The van der Waals surface area contributed by atoms with Crippen LogP contribution in [0.5, 0.6) is 0 Å².